The highest BCUT2D eigenvalue weighted by atomic mass is 32.2. The number of halogens is 3. The Morgan fingerprint density at radius 3 is 2.69 bits per heavy atom. The first-order valence-electron chi connectivity index (χ1n) is 4.14. The Morgan fingerprint density at radius 2 is 2.19 bits per heavy atom. The summed E-state index contributed by atoms with van der Waals surface area (Å²) in [6.07, 6.45) is -4.44. The van der Waals surface area contributed by atoms with Crippen LogP contribution < -0.4 is 5.32 Å². The summed E-state index contributed by atoms with van der Waals surface area (Å²) in [4.78, 5) is 11.0. The third kappa shape index (κ3) is 4.75. The maximum atomic E-state index is 11.7. The Balaban J connectivity index is 2.38. The quantitative estimate of drug-likeness (QED) is 0.902. The Bertz CT molecular complexity index is 375. The van der Waals surface area contributed by atoms with E-state index in [4.69, 9.17) is 0 Å². The normalized spacial score (nSPS) is 13.4. The number of thiophene rings is 1. The monoisotopic (exact) mass is 271 g/mol. The van der Waals surface area contributed by atoms with Gasteiger partial charge in [0.1, 0.15) is 12.3 Å². The van der Waals surface area contributed by atoms with Gasteiger partial charge >= 0.3 is 6.18 Å². The summed E-state index contributed by atoms with van der Waals surface area (Å²) in [5, 5.41) is 3.34. The fraction of sp³-hybridized carbons (Fsp3) is 0.375. The smallest absolute Gasteiger partial charge is 0.346 e. The Morgan fingerprint density at radius 1 is 1.50 bits per heavy atom. The zero-order chi connectivity index (χ0) is 12.2. The van der Waals surface area contributed by atoms with Gasteiger partial charge in [0.15, 0.2) is 0 Å². The van der Waals surface area contributed by atoms with E-state index in [1.807, 2.05) is 0 Å². The molecule has 0 aliphatic carbocycles. The van der Waals surface area contributed by atoms with E-state index in [2.05, 4.69) is 0 Å². The molecule has 16 heavy (non-hydrogen) atoms. The fourth-order valence-corrected chi connectivity index (χ4v) is 2.77. The summed E-state index contributed by atoms with van der Waals surface area (Å²) in [6, 6.07) is 3.23. The van der Waals surface area contributed by atoms with Crippen molar-refractivity contribution < 1.29 is 22.2 Å². The maximum absolute atomic E-state index is 11.7. The minimum Gasteiger partial charge on any atom is -0.346 e. The number of hydrogen-bond donors (Lipinski definition) is 1. The molecular weight excluding hydrogens is 263 g/mol. The number of carbonyl (C=O) groups is 1. The van der Waals surface area contributed by atoms with Crippen molar-refractivity contribution >= 4 is 28.0 Å². The van der Waals surface area contributed by atoms with Crippen LogP contribution >= 0.6 is 11.3 Å². The Hall–Kier alpha value is -0.890. The van der Waals surface area contributed by atoms with Gasteiger partial charge in [0, 0.05) is 0 Å². The fourth-order valence-electron chi connectivity index (χ4n) is 0.833. The molecule has 8 heteroatoms. The largest absolute Gasteiger partial charge is 0.405 e. The summed E-state index contributed by atoms with van der Waals surface area (Å²) in [5.74, 6) is -1.32. The van der Waals surface area contributed by atoms with Crippen LogP contribution in [0, 0.1) is 0 Å². The molecule has 1 aromatic heterocycles. The second-order valence-corrected chi connectivity index (χ2v) is 5.44. The molecule has 1 aromatic rings. The minimum atomic E-state index is -4.44. The molecule has 1 amide bonds. The average molecular weight is 271 g/mol. The zero-order valence-corrected chi connectivity index (χ0v) is 9.55. The second-order valence-electron chi connectivity index (χ2n) is 2.81. The highest BCUT2D eigenvalue weighted by molar-refractivity contribution is 7.88. The number of alkyl halides is 3. The predicted octanol–water partition coefficient (Wildman–Crippen LogP) is 1.53. The van der Waals surface area contributed by atoms with E-state index in [0.717, 1.165) is 0 Å². The van der Waals surface area contributed by atoms with Gasteiger partial charge < -0.3 is 5.32 Å². The molecule has 0 spiro atoms. The Kier molecular flexibility index (Phi) is 4.48. The lowest BCUT2D eigenvalue weighted by molar-refractivity contribution is -0.136. The lowest BCUT2D eigenvalue weighted by atomic mass is 10.6. The minimum absolute atomic E-state index is 0.448. The molecule has 0 aliphatic rings. The molecule has 0 saturated carbocycles. The summed E-state index contributed by atoms with van der Waals surface area (Å²) < 4.78 is 47.1. The third-order valence-electron chi connectivity index (χ3n) is 1.47. The summed E-state index contributed by atoms with van der Waals surface area (Å²) in [6.45, 7) is -1.40. The molecular formula is C8H8F3NO2S2. The van der Waals surface area contributed by atoms with E-state index in [1.165, 1.54) is 11.3 Å². The van der Waals surface area contributed by atoms with E-state index >= 15 is 0 Å². The van der Waals surface area contributed by atoms with Crippen LogP contribution in [0.3, 0.4) is 0 Å². The Labute approximate surface area is 96.1 Å². The summed E-state index contributed by atoms with van der Waals surface area (Å²) in [5.41, 5.74) is 0. The van der Waals surface area contributed by atoms with Gasteiger partial charge in [-0.15, -0.1) is 11.3 Å². The van der Waals surface area contributed by atoms with Gasteiger partial charge in [-0.25, -0.2) is 0 Å². The van der Waals surface area contributed by atoms with Gasteiger partial charge in [-0.2, -0.15) is 13.2 Å². The summed E-state index contributed by atoms with van der Waals surface area (Å²) >= 11 is 1.19. The number of nitrogens with one attached hydrogen (secondary N) is 1. The molecule has 3 nitrogen and oxygen atoms in total. The van der Waals surface area contributed by atoms with Crippen molar-refractivity contribution in [3.8, 4) is 0 Å². The van der Waals surface area contributed by atoms with Crippen molar-refractivity contribution in [3.63, 3.8) is 0 Å². The first-order valence-corrected chi connectivity index (χ1v) is 6.33. The van der Waals surface area contributed by atoms with E-state index in [9.17, 15) is 22.2 Å². The lowest BCUT2D eigenvalue weighted by Gasteiger charge is -2.07. The predicted molar refractivity (Wildman–Crippen MR) is 54.7 cm³/mol. The topological polar surface area (TPSA) is 46.2 Å². The van der Waals surface area contributed by atoms with Crippen molar-refractivity contribution in [2.45, 2.75) is 10.4 Å². The molecule has 0 radical (unpaired) electrons. The highest BCUT2D eigenvalue weighted by Gasteiger charge is 2.27. The molecule has 1 rings (SSSR count). The van der Waals surface area contributed by atoms with Crippen LogP contribution in [0.1, 0.15) is 0 Å². The van der Waals surface area contributed by atoms with Gasteiger partial charge in [0.05, 0.1) is 15.0 Å². The maximum Gasteiger partial charge on any atom is 0.405 e. The van der Waals surface area contributed by atoms with Crippen LogP contribution in [0.4, 0.5) is 13.2 Å². The first-order chi connectivity index (χ1) is 7.38. The standard InChI is InChI=1S/C8H8F3NO2S2/c9-8(10,11)5-12-6(13)4-16(14)7-2-1-3-15-7/h1-3H,4-5H2,(H,12,13). The van der Waals surface area contributed by atoms with Crippen molar-refractivity contribution in [2.75, 3.05) is 12.3 Å². The molecule has 1 heterocycles. The average Bonchev–Trinajstić information content (AvgIpc) is 2.66. The molecule has 1 unspecified atom stereocenters. The van der Waals surface area contributed by atoms with Crippen LogP contribution in [0.2, 0.25) is 0 Å². The van der Waals surface area contributed by atoms with Crippen molar-refractivity contribution in [3.05, 3.63) is 17.5 Å². The molecule has 0 saturated heterocycles. The number of rotatable bonds is 4. The second kappa shape index (κ2) is 5.44. The molecule has 0 bridgehead atoms. The van der Waals surface area contributed by atoms with Gasteiger partial charge in [0.2, 0.25) is 5.91 Å². The van der Waals surface area contributed by atoms with Crippen LogP contribution in [0.15, 0.2) is 21.7 Å². The molecule has 0 aliphatic heterocycles. The SMILES string of the molecule is O=C(CS(=O)c1cccs1)NCC(F)(F)F. The highest BCUT2D eigenvalue weighted by Crippen LogP contribution is 2.14. The molecule has 1 atom stereocenters. The molecule has 90 valence electrons. The molecule has 0 aromatic carbocycles. The summed E-state index contributed by atoms with van der Waals surface area (Å²) in [7, 11) is -1.57. The number of carbonyl (C=O) groups excluding carboxylic acids is 1. The van der Waals surface area contributed by atoms with Crippen molar-refractivity contribution in [1.29, 1.82) is 0 Å². The molecule has 1 N–H and O–H groups in total. The lowest BCUT2D eigenvalue weighted by Crippen LogP contribution is -2.36. The third-order valence-corrected chi connectivity index (χ3v) is 4.08. The van der Waals surface area contributed by atoms with Gasteiger partial charge in [-0.3, -0.25) is 9.00 Å². The van der Waals surface area contributed by atoms with E-state index in [1.54, 1.807) is 22.8 Å². The molecule has 0 fully saturated rings. The number of amides is 1. The van der Waals surface area contributed by atoms with Gasteiger partial charge in [-0.1, -0.05) is 6.07 Å². The van der Waals surface area contributed by atoms with E-state index in [-0.39, 0.29) is 0 Å². The van der Waals surface area contributed by atoms with Gasteiger partial charge in [-0.05, 0) is 11.4 Å². The van der Waals surface area contributed by atoms with Crippen molar-refractivity contribution in [2.24, 2.45) is 0 Å². The van der Waals surface area contributed by atoms with Crippen LogP contribution in [0.5, 0.6) is 0 Å². The van der Waals surface area contributed by atoms with Crippen molar-refractivity contribution in [1.82, 2.24) is 5.32 Å². The van der Waals surface area contributed by atoms with Crippen LogP contribution in [0.25, 0.3) is 0 Å². The van der Waals surface area contributed by atoms with Gasteiger partial charge in [0.25, 0.3) is 0 Å². The van der Waals surface area contributed by atoms with Crippen LogP contribution in [-0.2, 0) is 15.6 Å². The van der Waals surface area contributed by atoms with Crippen LogP contribution in [-0.4, -0.2) is 28.6 Å². The van der Waals surface area contributed by atoms with E-state index < -0.39 is 35.2 Å². The first kappa shape index (κ1) is 13.2. The zero-order valence-electron chi connectivity index (χ0n) is 7.91. The number of hydrogen-bond acceptors (Lipinski definition) is 3. The van der Waals surface area contributed by atoms with E-state index in [0.29, 0.717) is 4.21 Å².